The van der Waals surface area contributed by atoms with Crippen LogP contribution in [0.25, 0.3) is 22.4 Å². The van der Waals surface area contributed by atoms with Crippen LogP contribution in [0, 0.1) is 5.92 Å². The summed E-state index contributed by atoms with van der Waals surface area (Å²) in [7, 11) is 0. The van der Waals surface area contributed by atoms with Gasteiger partial charge in [-0.05, 0) is 98.0 Å². The van der Waals surface area contributed by atoms with Gasteiger partial charge in [0.15, 0.2) is 0 Å². The second-order valence-corrected chi connectivity index (χ2v) is 10.9. The molecule has 1 fully saturated rings. The maximum Gasteiger partial charge on any atom is 0.150 e. The van der Waals surface area contributed by atoms with Crippen LogP contribution in [0.4, 0.5) is 0 Å². The van der Waals surface area contributed by atoms with Crippen LogP contribution in [0.1, 0.15) is 50.0 Å². The number of rotatable bonds is 7. The van der Waals surface area contributed by atoms with E-state index in [9.17, 15) is 5.11 Å². The number of likely N-dealkylation sites (tertiary alicyclic amines) is 1. The number of aromatic nitrogens is 2. The van der Waals surface area contributed by atoms with Crippen molar-refractivity contribution in [3.63, 3.8) is 0 Å². The van der Waals surface area contributed by atoms with Gasteiger partial charge in [-0.2, -0.15) is 5.10 Å². The highest BCUT2D eigenvalue weighted by Gasteiger charge is 2.30. The Morgan fingerprint density at radius 3 is 2.64 bits per heavy atom. The zero-order chi connectivity index (χ0) is 26.9. The van der Waals surface area contributed by atoms with E-state index in [1.807, 2.05) is 36.4 Å². The highest BCUT2D eigenvalue weighted by Crippen LogP contribution is 2.47. The molecule has 6 nitrogen and oxygen atoms in total. The Morgan fingerprint density at radius 2 is 1.92 bits per heavy atom. The first kappa shape index (κ1) is 25.3. The number of phenols is 1. The van der Waals surface area contributed by atoms with Gasteiger partial charge in [-0.3, -0.25) is 10.00 Å². The molecule has 3 atom stereocenters. The van der Waals surface area contributed by atoms with E-state index in [0.717, 1.165) is 69.6 Å². The van der Waals surface area contributed by atoms with Gasteiger partial charge in [0.25, 0.3) is 0 Å². The normalized spacial score (nSPS) is 20.0. The third-order valence-corrected chi connectivity index (χ3v) is 8.02. The van der Waals surface area contributed by atoms with Gasteiger partial charge in [-0.25, -0.2) is 0 Å². The summed E-state index contributed by atoms with van der Waals surface area (Å²) >= 11 is 0. The highest BCUT2D eigenvalue weighted by molar-refractivity contribution is 5.96. The van der Waals surface area contributed by atoms with Crippen LogP contribution in [0.5, 0.6) is 17.2 Å². The van der Waals surface area contributed by atoms with Crippen molar-refractivity contribution in [2.75, 3.05) is 19.7 Å². The van der Waals surface area contributed by atoms with Crippen molar-refractivity contribution in [2.24, 2.45) is 5.92 Å². The van der Waals surface area contributed by atoms with Crippen molar-refractivity contribution in [1.29, 1.82) is 0 Å². The summed E-state index contributed by atoms with van der Waals surface area (Å²) in [5.74, 6) is 2.69. The van der Waals surface area contributed by atoms with Crippen LogP contribution in [0.15, 0.2) is 79.0 Å². The number of nitrogens with one attached hydrogen (secondary N) is 1. The zero-order valence-corrected chi connectivity index (χ0v) is 22.7. The fourth-order valence-electron chi connectivity index (χ4n) is 5.74. The molecular formula is C33H35N3O3. The van der Waals surface area contributed by atoms with Crippen LogP contribution in [0.2, 0.25) is 0 Å². The lowest BCUT2D eigenvalue weighted by molar-refractivity contribution is 0.169. The Kier molecular flexibility index (Phi) is 6.88. The van der Waals surface area contributed by atoms with Crippen molar-refractivity contribution in [2.45, 2.75) is 39.3 Å². The maximum atomic E-state index is 10.3. The summed E-state index contributed by atoms with van der Waals surface area (Å²) in [6.07, 6.45) is 2.70. The topological polar surface area (TPSA) is 70.6 Å². The second-order valence-electron chi connectivity index (χ2n) is 10.9. The average molecular weight is 522 g/mol. The van der Waals surface area contributed by atoms with Crippen LogP contribution >= 0.6 is 0 Å². The lowest BCUT2D eigenvalue weighted by Crippen LogP contribution is -2.35. The third kappa shape index (κ3) is 5.17. The molecule has 39 heavy (non-hydrogen) atoms. The highest BCUT2D eigenvalue weighted by atomic mass is 16.5. The number of aromatic amines is 1. The first-order valence-corrected chi connectivity index (χ1v) is 13.7. The maximum absolute atomic E-state index is 10.3. The molecule has 2 aliphatic rings. The van der Waals surface area contributed by atoms with Gasteiger partial charge in [0.1, 0.15) is 30.0 Å². The summed E-state index contributed by atoms with van der Waals surface area (Å²) in [6, 6.07) is 24.2. The minimum atomic E-state index is -0.323. The third-order valence-electron chi connectivity index (χ3n) is 8.02. The summed E-state index contributed by atoms with van der Waals surface area (Å²) in [5.41, 5.74) is 7.14. The van der Waals surface area contributed by atoms with E-state index in [1.165, 1.54) is 6.42 Å². The Hall–Kier alpha value is -4.03. The molecule has 2 N–H and O–H groups in total. The summed E-state index contributed by atoms with van der Waals surface area (Å²) in [6.45, 7) is 9.66. The number of fused-ring (bicyclic) bond motifs is 1. The summed E-state index contributed by atoms with van der Waals surface area (Å²) < 4.78 is 12.8. The van der Waals surface area contributed by atoms with E-state index in [2.05, 4.69) is 60.1 Å². The smallest absolute Gasteiger partial charge is 0.150 e. The second kappa shape index (κ2) is 10.6. The molecule has 6 rings (SSSR count). The molecule has 4 aromatic rings. The number of H-pyrrole nitrogens is 1. The van der Waals surface area contributed by atoms with Crippen molar-refractivity contribution in [3.8, 4) is 28.5 Å². The molecule has 200 valence electrons. The van der Waals surface area contributed by atoms with E-state index in [4.69, 9.17) is 9.47 Å². The average Bonchev–Trinajstić information content (AvgIpc) is 3.64. The molecule has 6 heteroatoms. The number of phenolic OH excluding ortho intramolecular Hbond substituents is 1. The van der Waals surface area contributed by atoms with Gasteiger partial charge in [0.2, 0.25) is 0 Å². The quantitative estimate of drug-likeness (QED) is 0.275. The number of benzene rings is 3. The molecule has 0 aliphatic carbocycles. The van der Waals surface area contributed by atoms with E-state index >= 15 is 0 Å². The molecule has 0 amide bonds. The number of ether oxygens (including phenoxy) is 2. The molecular weight excluding hydrogens is 486 g/mol. The lowest BCUT2D eigenvalue weighted by Gasteiger charge is -2.31. The van der Waals surface area contributed by atoms with Gasteiger partial charge >= 0.3 is 0 Å². The van der Waals surface area contributed by atoms with Gasteiger partial charge in [0, 0.05) is 35.5 Å². The monoisotopic (exact) mass is 521 g/mol. The molecule has 3 heterocycles. The van der Waals surface area contributed by atoms with Crippen LogP contribution in [-0.4, -0.2) is 45.9 Å². The van der Waals surface area contributed by atoms with E-state index < -0.39 is 0 Å². The van der Waals surface area contributed by atoms with Gasteiger partial charge in [-0.1, -0.05) is 31.2 Å². The number of nitrogens with zero attached hydrogens (tertiary/aromatic N) is 2. The largest absolute Gasteiger partial charge is 0.508 e. The van der Waals surface area contributed by atoms with Crippen LogP contribution in [0.3, 0.4) is 0 Å². The fourth-order valence-corrected chi connectivity index (χ4v) is 5.74. The predicted octanol–water partition coefficient (Wildman–Crippen LogP) is 6.96. The van der Waals surface area contributed by atoms with Crippen molar-refractivity contribution in [1.82, 2.24) is 15.1 Å². The fraction of sp³-hybridized carbons (Fsp3) is 0.303. The van der Waals surface area contributed by atoms with E-state index in [-0.39, 0.29) is 11.9 Å². The summed E-state index contributed by atoms with van der Waals surface area (Å²) in [4.78, 5) is 2.51. The lowest BCUT2D eigenvalue weighted by atomic mass is 9.85. The predicted molar refractivity (Wildman–Crippen MR) is 155 cm³/mol. The number of aromatic hydroxyl groups is 1. The Balaban J connectivity index is 1.29. The minimum absolute atomic E-state index is 0.230. The van der Waals surface area contributed by atoms with Gasteiger partial charge in [0.05, 0.1) is 5.69 Å². The Labute approximate surface area is 229 Å². The van der Waals surface area contributed by atoms with Gasteiger partial charge < -0.3 is 14.6 Å². The zero-order valence-electron chi connectivity index (χ0n) is 22.7. The van der Waals surface area contributed by atoms with Gasteiger partial charge in [-0.15, -0.1) is 0 Å². The number of hydrogen-bond donors (Lipinski definition) is 2. The summed E-state index contributed by atoms with van der Waals surface area (Å²) in [5, 5.41) is 17.4. The van der Waals surface area contributed by atoms with Crippen LogP contribution < -0.4 is 9.47 Å². The SMILES string of the molecule is CC1=C(c2cccc(O)c2)C(c2ccc(OCC(C)N3CCC(C)C3)cc2)Oc2ccc(-c3ccn[nH]3)cc21. The number of hydrogen-bond acceptors (Lipinski definition) is 5. The molecule has 1 aromatic heterocycles. The first-order chi connectivity index (χ1) is 19.0. The Morgan fingerprint density at radius 1 is 1.08 bits per heavy atom. The first-order valence-electron chi connectivity index (χ1n) is 13.7. The standard InChI is InChI=1S/C33H35N3O3/c1-21-14-16-36(19-21)22(2)20-38-28-10-7-24(8-11-28)33-32(26-5-4-6-27(37)17-26)23(3)29-18-25(9-12-31(29)39-33)30-13-15-34-35-30/h4-13,15,17-18,21-22,33,37H,14,16,19-20H2,1-3H3,(H,34,35). The molecule has 2 aliphatic heterocycles. The van der Waals surface area contributed by atoms with Crippen molar-refractivity contribution >= 4 is 11.1 Å². The van der Waals surface area contributed by atoms with Crippen LogP contribution in [-0.2, 0) is 0 Å². The number of allylic oxidation sites excluding steroid dienone is 1. The minimum Gasteiger partial charge on any atom is -0.508 e. The molecule has 0 saturated carbocycles. The van der Waals surface area contributed by atoms with E-state index in [1.54, 1.807) is 18.3 Å². The molecule has 0 spiro atoms. The molecule has 3 unspecified atom stereocenters. The van der Waals surface area contributed by atoms with Crippen molar-refractivity contribution in [3.05, 3.63) is 95.7 Å². The molecule has 0 bridgehead atoms. The molecule has 1 saturated heterocycles. The molecule has 3 aromatic carbocycles. The molecule has 0 radical (unpaired) electrons. The van der Waals surface area contributed by atoms with E-state index in [0.29, 0.717) is 12.6 Å². The Bertz CT molecular complexity index is 1480. The van der Waals surface area contributed by atoms with Crippen molar-refractivity contribution < 1.29 is 14.6 Å².